The van der Waals surface area contributed by atoms with E-state index in [1.165, 1.54) is 7.11 Å². The number of nitrogens with zero attached hydrogens (tertiary/aromatic N) is 2. The Morgan fingerprint density at radius 3 is 2.41 bits per heavy atom. The van der Waals surface area contributed by atoms with Gasteiger partial charge in [0, 0.05) is 41.7 Å². The van der Waals surface area contributed by atoms with Crippen LogP contribution in [0.25, 0.3) is 0 Å². The van der Waals surface area contributed by atoms with Crippen molar-refractivity contribution in [2.24, 2.45) is 0 Å². The molecule has 1 amide bonds. The van der Waals surface area contributed by atoms with Crippen LogP contribution in [0.15, 0.2) is 47.4 Å². The Bertz CT molecular complexity index is 897. The molecule has 0 aliphatic carbocycles. The van der Waals surface area contributed by atoms with Gasteiger partial charge in [-0.3, -0.25) is 9.69 Å². The quantitative estimate of drug-likeness (QED) is 0.527. The fourth-order valence-corrected chi connectivity index (χ4v) is 4.27. The first-order chi connectivity index (χ1) is 14.0. The highest BCUT2D eigenvalue weighted by atomic mass is 35.5. The smallest absolute Gasteiger partial charge is 0.327 e. The number of ether oxygens (including phenoxy) is 1. The second-order valence-electron chi connectivity index (χ2n) is 6.96. The second-order valence-corrected chi connectivity index (χ2v) is 8.24. The van der Waals surface area contributed by atoms with Crippen molar-refractivity contribution < 1.29 is 14.3 Å². The molecule has 1 heterocycles. The van der Waals surface area contributed by atoms with E-state index in [9.17, 15) is 9.59 Å². The number of benzene rings is 2. The highest BCUT2D eigenvalue weighted by Crippen LogP contribution is 2.30. The van der Waals surface area contributed by atoms with Crippen molar-refractivity contribution in [2.75, 3.05) is 39.5 Å². The number of halogens is 1. The summed E-state index contributed by atoms with van der Waals surface area (Å²) in [6.45, 7) is 4.17. The average molecular weight is 433 g/mol. The van der Waals surface area contributed by atoms with Gasteiger partial charge in [-0.1, -0.05) is 35.9 Å². The largest absolute Gasteiger partial charge is 0.468 e. The van der Waals surface area contributed by atoms with Gasteiger partial charge >= 0.3 is 5.97 Å². The molecule has 29 heavy (non-hydrogen) atoms. The summed E-state index contributed by atoms with van der Waals surface area (Å²) < 4.78 is 5.04. The van der Waals surface area contributed by atoms with Gasteiger partial charge in [0.1, 0.15) is 6.04 Å². The molecule has 1 atom stereocenters. The van der Waals surface area contributed by atoms with Crippen molar-refractivity contribution in [3.05, 3.63) is 64.2 Å². The molecule has 0 aromatic heterocycles. The molecule has 0 spiro atoms. The van der Waals surface area contributed by atoms with Crippen LogP contribution in [-0.2, 0) is 9.53 Å². The summed E-state index contributed by atoms with van der Waals surface area (Å²) in [6, 6.07) is 12.7. The lowest BCUT2D eigenvalue weighted by molar-refractivity contribution is -0.148. The highest BCUT2D eigenvalue weighted by Gasteiger charge is 2.33. The van der Waals surface area contributed by atoms with Gasteiger partial charge < -0.3 is 9.64 Å². The number of amides is 1. The van der Waals surface area contributed by atoms with Crippen LogP contribution >= 0.6 is 23.4 Å². The Kier molecular flexibility index (Phi) is 7.22. The lowest BCUT2D eigenvalue weighted by atomic mass is 10.0. The Morgan fingerprint density at radius 2 is 1.79 bits per heavy atom. The molecule has 5 nitrogen and oxygen atoms in total. The third-order valence-corrected chi connectivity index (χ3v) is 6.34. The predicted molar refractivity (Wildman–Crippen MR) is 117 cm³/mol. The van der Waals surface area contributed by atoms with E-state index in [0.717, 1.165) is 21.6 Å². The maximum absolute atomic E-state index is 13.1. The molecule has 1 aliphatic rings. The summed E-state index contributed by atoms with van der Waals surface area (Å²) in [4.78, 5) is 30.5. The molecule has 2 aromatic rings. The molecule has 1 fully saturated rings. The number of piperazine rings is 1. The van der Waals surface area contributed by atoms with Gasteiger partial charge in [0.2, 0.25) is 0 Å². The summed E-state index contributed by atoms with van der Waals surface area (Å²) in [6.07, 6.45) is 2.00. The van der Waals surface area contributed by atoms with Crippen molar-refractivity contribution in [3.63, 3.8) is 0 Å². The summed E-state index contributed by atoms with van der Waals surface area (Å²) in [5, 5.41) is 0.533. The van der Waals surface area contributed by atoms with Gasteiger partial charge in [0.25, 0.3) is 5.91 Å². The van der Waals surface area contributed by atoms with E-state index >= 15 is 0 Å². The minimum atomic E-state index is -0.576. The number of hydrogen-bond donors (Lipinski definition) is 0. The molecule has 1 aliphatic heterocycles. The van der Waals surface area contributed by atoms with Gasteiger partial charge in [-0.25, -0.2) is 4.79 Å². The lowest BCUT2D eigenvalue weighted by Crippen LogP contribution is -2.51. The molecule has 7 heteroatoms. The standard InChI is InChI=1S/C22H25ClN2O3S/c1-15-8-9-16(29-3)14-18(15)21(26)25-12-10-24(11-13-25)20(22(27)28-2)17-6-4-5-7-19(17)23/h4-9,14,20H,10-13H2,1-3H3. The maximum Gasteiger partial charge on any atom is 0.327 e. The molecule has 0 saturated carbocycles. The van der Waals surface area contributed by atoms with E-state index in [1.54, 1.807) is 17.8 Å². The fraction of sp³-hybridized carbons (Fsp3) is 0.364. The molecule has 154 valence electrons. The van der Waals surface area contributed by atoms with Crippen molar-refractivity contribution in [1.82, 2.24) is 9.80 Å². The number of rotatable bonds is 5. The molecule has 0 bridgehead atoms. The SMILES string of the molecule is COC(=O)C(c1ccccc1Cl)N1CCN(C(=O)c2cc(SC)ccc2C)CC1. The Morgan fingerprint density at radius 1 is 1.10 bits per heavy atom. The molecular formula is C22H25ClN2O3S. The van der Waals surface area contributed by atoms with Crippen LogP contribution in [0.3, 0.4) is 0 Å². The minimum Gasteiger partial charge on any atom is -0.468 e. The lowest BCUT2D eigenvalue weighted by Gasteiger charge is -2.38. The van der Waals surface area contributed by atoms with E-state index in [-0.39, 0.29) is 11.9 Å². The molecule has 0 N–H and O–H groups in total. The molecule has 0 radical (unpaired) electrons. The minimum absolute atomic E-state index is 0.0328. The normalized spacial score (nSPS) is 15.8. The molecule has 3 rings (SSSR count). The second kappa shape index (κ2) is 9.65. The fourth-order valence-electron chi connectivity index (χ4n) is 3.59. The summed E-state index contributed by atoms with van der Waals surface area (Å²) in [5.74, 6) is -0.313. The van der Waals surface area contributed by atoms with Crippen LogP contribution in [0, 0.1) is 6.92 Å². The van der Waals surface area contributed by atoms with Crippen LogP contribution in [0.4, 0.5) is 0 Å². The summed E-state index contributed by atoms with van der Waals surface area (Å²) in [5.41, 5.74) is 2.43. The first-order valence-electron chi connectivity index (χ1n) is 9.46. The predicted octanol–water partition coefficient (Wildman–Crippen LogP) is 4.04. The van der Waals surface area contributed by atoms with Crippen LogP contribution in [-0.4, -0.2) is 61.2 Å². The van der Waals surface area contributed by atoms with E-state index in [1.807, 2.05) is 59.4 Å². The zero-order valence-electron chi connectivity index (χ0n) is 16.9. The van der Waals surface area contributed by atoms with Crippen LogP contribution in [0.2, 0.25) is 5.02 Å². The first kappa shape index (κ1) is 21.7. The topological polar surface area (TPSA) is 49.9 Å². The Labute approximate surface area is 181 Å². The zero-order chi connectivity index (χ0) is 21.0. The van der Waals surface area contributed by atoms with Crippen molar-refractivity contribution >= 4 is 35.2 Å². The molecule has 1 unspecified atom stereocenters. The summed E-state index contributed by atoms with van der Waals surface area (Å²) in [7, 11) is 1.38. The summed E-state index contributed by atoms with van der Waals surface area (Å²) >= 11 is 7.97. The van der Waals surface area contributed by atoms with E-state index in [0.29, 0.717) is 31.2 Å². The highest BCUT2D eigenvalue weighted by molar-refractivity contribution is 7.98. The number of thioether (sulfide) groups is 1. The Balaban J connectivity index is 1.75. The number of carbonyl (C=O) groups is 2. The first-order valence-corrected chi connectivity index (χ1v) is 11.1. The van der Waals surface area contributed by atoms with Gasteiger partial charge in [0.05, 0.1) is 7.11 Å². The molecular weight excluding hydrogens is 408 g/mol. The average Bonchev–Trinajstić information content (AvgIpc) is 2.75. The number of hydrogen-bond acceptors (Lipinski definition) is 5. The van der Waals surface area contributed by atoms with Crippen molar-refractivity contribution in [3.8, 4) is 0 Å². The van der Waals surface area contributed by atoms with E-state index in [2.05, 4.69) is 0 Å². The van der Waals surface area contributed by atoms with Gasteiger partial charge in [-0.05, 0) is 42.5 Å². The monoisotopic (exact) mass is 432 g/mol. The third-order valence-electron chi connectivity index (χ3n) is 5.27. The number of methoxy groups -OCH3 is 1. The molecule has 1 saturated heterocycles. The number of esters is 1. The van der Waals surface area contributed by atoms with Gasteiger partial charge in [0.15, 0.2) is 0 Å². The van der Waals surface area contributed by atoms with Crippen molar-refractivity contribution in [2.45, 2.75) is 17.9 Å². The number of carbonyl (C=O) groups excluding carboxylic acids is 2. The van der Waals surface area contributed by atoms with E-state index < -0.39 is 6.04 Å². The number of aryl methyl sites for hydroxylation is 1. The van der Waals surface area contributed by atoms with Crippen molar-refractivity contribution in [1.29, 1.82) is 0 Å². The van der Waals surface area contributed by atoms with Gasteiger partial charge in [-0.2, -0.15) is 0 Å². The van der Waals surface area contributed by atoms with E-state index in [4.69, 9.17) is 16.3 Å². The van der Waals surface area contributed by atoms with Crippen LogP contribution in [0.1, 0.15) is 27.5 Å². The zero-order valence-corrected chi connectivity index (χ0v) is 18.4. The van der Waals surface area contributed by atoms with Gasteiger partial charge in [-0.15, -0.1) is 11.8 Å². The Hall–Kier alpha value is -2.02. The maximum atomic E-state index is 13.1. The third kappa shape index (κ3) is 4.77. The van der Waals surface area contributed by atoms with Crippen LogP contribution in [0.5, 0.6) is 0 Å². The molecule has 2 aromatic carbocycles. The van der Waals surface area contributed by atoms with Crippen LogP contribution < -0.4 is 0 Å².